The maximum Gasteiger partial charge on any atom is 0.229 e. The summed E-state index contributed by atoms with van der Waals surface area (Å²) in [6, 6.07) is 9.62. The topological polar surface area (TPSA) is 56.2 Å². The van der Waals surface area contributed by atoms with Crippen molar-refractivity contribution in [2.24, 2.45) is 11.8 Å². The Morgan fingerprint density at radius 3 is 2.92 bits per heavy atom. The lowest BCUT2D eigenvalue weighted by molar-refractivity contribution is -0.117. The molecule has 0 radical (unpaired) electrons. The number of nitrogens with zero attached hydrogens (tertiary/aromatic N) is 2. The fourth-order valence-electron chi connectivity index (χ4n) is 3.34. The molecule has 1 aromatic carbocycles. The van der Waals surface area contributed by atoms with Gasteiger partial charge in [0.2, 0.25) is 5.91 Å². The molecule has 4 rings (SSSR count). The number of halogens is 1. The summed E-state index contributed by atoms with van der Waals surface area (Å²) in [7, 11) is 0. The number of ether oxygens (including phenoxy) is 1. The van der Waals surface area contributed by atoms with Gasteiger partial charge in [-0.25, -0.2) is 4.68 Å². The first-order chi connectivity index (χ1) is 11.7. The van der Waals surface area contributed by atoms with E-state index in [0.717, 1.165) is 43.4 Å². The molecule has 126 valence electrons. The zero-order valence-corrected chi connectivity index (χ0v) is 14.1. The molecule has 24 heavy (non-hydrogen) atoms. The standard InChI is InChI=1S/C18H20ClN3O2/c19-14-3-1-13(2-4-14)15-9-16(15)18(23)21-17-5-7-20-22(17)10-12-6-8-24-11-12/h1-5,7,12,15-16H,6,8-11H2,(H,21,23)/t12-,15+,16+/m0/s1. The summed E-state index contributed by atoms with van der Waals surface area (Å²) < 4.78 is 7.28. The van der Waals surface area contributed by atoms with Crippen LogP contribution in [0.1, 0.15) is 24.3 Å². The summed E-state index contributed by atoms with van der Waals surface area (Å²) in [6.07, 6.45) is 3.67. The second kappa shape index (κ2) is 6.57. The van der Waals surface area contributed by atoms with Crippen molar-refractivity contribution in [1.29, 1.82) is 0 Å². The van der Waals surface area contributed by atoms with Gasteiger partial charge in [-0.3, -0.25) is 4.79 Å². The van der Waals surface area contributed by atoms with Crippen molar-refractivity contribution in [3.63, 3.8) is 0 Å². The van der Waals surface area contributed by atoms with Crippen LogP contribution in [0.2, 0.25) is 5.02 Å². The maximum absolute atomic E-state index is 12.5. The predicted molar refractivity (Wildman–Crippen MR) is 92.1 cm³/mol. The van der Waals surface area contributed by atoms with Crippen LogP contribution in [0.15, 0.2) is 36.5 Å². The largest absolute Gasteiger partial charge is 0.381 e. The van der Waals surface area contributed by atoms with Gasteiger partial charge in [0.1, 0.15) is 5.82 Å². The summed E-state index contributed by atoms with van der Waals surface area (Å²) in [5.74, 6) is 1.64. The Balaban J connectivity index is 1.37. The van der Waals surface area contributed by atoms with Crippen LogP contribution in [-0.4, -0.2) is 28.9 Å². The number of nitrogens with one attached hydrogen (secondary N) is 1. The van der Waals surface area contributed by atoms with E-state index >= 15 is 0 Å². The SMILES string of the molecule is O=C(Nc1ccnn1C[C@@H]1CCOC1)[C@@H]1C[C@@H]1c1ccc(Cl)cc1. The molecule has 0 bridgehead atoms. The zero-order chi connectivity index (χ0) is 16.5. The second-order valence-electron chi connectivity index (χ2n) is 6.62. The van der Waals surface area contributed by atoms with Crippen LogP contribution in [0, 0.1) is 11.8 Å². The molecule has 1 aliphatic heterocycles. The molecule has 3 atom stereocenters. The van der Waals surface area contributed by atoms with Gasteiger partial charge in [0.05, 0.1) is 12.8 Å². The Bertz CT molecular complexity index is 722. The molecular formula is C18H20ClN3O2. The Kier molecular flexibility index (Phi) is 4.29. The molecule has 0 unspecified atom stereocenters. The highest BCUT2D eigenvalue weighted by Gasteiger charge is 2.44. The highest BCUT2D eigenvalue weighted by Crippen LogP contribution is 2.48. The van der Waals surface area contributed by atoms with E-state index in [2.05, 4.69) is 10.4 Å². The highest BCUT2D eigenvalue weighted by molar-refractivity contribution is 6.30. The van der Waals surface area contributed by atoms with Crippen molar-refractivity contribution >= 4 is 23.3 Å². The first-order valence-corrected chi connectivity index (χ1v) is 8.74. The van der Waals surface area contributed by atoms with Crippen LogP contribution in [0.25, 0.3) is 0 Å². The summed E-state index contributed by atoms with van der Waals surface area (Å²) >= 11 is 5.92. The summed E-state index contributed by atoms with van der Waals surface area (Å²) in [4.78, 5) is 12.5. The van der Waals surface area contributed by atoms with E-state index in [4.69, 9.17) is 16.3 Å². The molecule has 0 spiro atoms. The van der Waals surface area contributed by atoms with E-state index in [-0.39, 0.29) is 11.8 Å². The fourth-order valence-corrected chi connectivity index (χ4v) is 3.46. The highest BCUT2D eigenvalue weighted by atomic mass is 35.5. The van der Waals surface area contributed by atoms with E-state index in [1.165, 1.54) is 5.56 Å². The van der Waals surface area contributed by atoms with Crippen LogP contribution in [0.3, 0.4) is 0 Å². The van der Waals surface area contributed by atoms with Gasteiger partial charge in [0.25, 0.3) is 0 Å². The molecule has 1 aliphatic carbocycles. The molecule has 1 saturated heterocycles. The minimum absolute atomic E-state index is 0.0318. The van der Waals surface area contributed by atoms with Crippen molar-refractivity contribution in [3.8, 4) is 0 Å². The number of hydrogen-bond donors (Lipinski definition) is 1. The normalized spacial score (nSPS) is 25.6. The molecule has 2 fully saturated rings. The fraction of sp³-hybridized carbons (Fsp3) is 0.444. The lowest BCUT2D eigenvalue weighted by atomic mass is 10.1. The number of aromatic nitrogens is 2. The van der Waals surface area contributed by atoms with Crippen LogP contribution in [0.4, 0.5) is 5.82 Å². The Labute approximate surface area is 145 Å². The third-order valence-corrected chi connectivity index (χ3v) is 5.10. The molecule has 1 aromatic heterocycles. The minimum atomic E-state index is 0.0318. The molecule has 1 N–H and O–H groups in total. The van der Waals surface area contributed by atoms with Gasteiger partial charge in [0, 0.05) is 36.1 Å². The number of carbonyl (C=O) groups excluding carboxylic acids is 1. The number of hydrogen-bond acceptors (Lipinski definition) is 3. The molecule has 1 amide bonds. The number of anilines is 1. The van der Waals surface area contributed by atoms with Crippen molar-refractivity contribution in [2.75, 3.05) is 18.5 Å². The van der Waals surface area contributed by atoms with Gasteiger partial charge in [-0.05, 0) is 36.5 Å². The predicted octanol–water partition coefficient (Wildman–Crippen LogP) is 3.32. The molecule has 2 heterocycles. The van der Waals surface area contributed by atoms with Gasteiger partial charge in [0.15, 0.2) is 0 Å². The van der Waals surface area contributed by atoms with Gasteiger partial charge in [-0.15, -0.1) is 0 Å². The van der Waals surface area contributed by atoms with Crippen LogP contribution < -0.4 is 5.32 Å². The maximum atomic E-state index is 12.5. The van der Waals surface area contributed by atoms with Gasteiger partial charge >= 0.3 is 0 Å². The Hall–Kier alpha value is -1.85. The van der Waals surface area contributed by atoms with Gasteiger partial charge < -0.3 is 10.1 Å². The Morgan fingerprint density at radius 2 is 2.17 bits per heavy atom. The summed E-state index contributed by atoms with van der Waals surface area (Å²) in [6.45, 7) is 2.38. The summed E-state index contributed by atoms with van der Waals surface area (Å²) in [5, 5.41) is 8.09. The van der Waals surface area contributed by atoms with Gasteiger partial charge in [-0.1, -0.05) is 23.7 Å². The van der Waals surface area contributed by atoms with E-state index in [1.54, 1.807) is 6.20 Å². The molecular weight excluding hydrogens is 326 g/mol. The first kappa shape index (κ1) is 15.7. The molecule has 2 aromatic rings. The Morgan fingerprint density at radius 1 is 1.33 bits per heavy atom. The second-order valence-corrected chi connectivity index (χ2v) is 7.05. The molecule has 6 heteroatoms. The molecule has 1 saturated carbocycles. The monoisotopic (exact) mass is 345 g/mol. The first-order valence-electron chi connectivity index (χ1n) is 8.36. The zero-order valence-electron chi connectivity index (χ0n) is 13.3. The smallest absolute Gasteiger partial charge is 0.229 e. The van der Waals surface area contributed by atoms with Crippen molar-refractivity contribution in [3.05, 3.63) is 47.1 Å². The lowest BCUT2D eigenvalue weighted by Gasteiger charge is -2.12. The molecule has 2 aliphatic rings. The number of rotatable bonds is 5. The van der Waals surface area contributed by atoms with Crippen molar-refractivity contribution < 1.29 is 9.53 Å². The van der Waals surface area contributed by atoms with E-state index in [9.17, 15) is 4.79 Å². The van der Waals surface area contributed by atoms with Crippen LogP contribution in [0.5, 0.6) is 0 Å². The third kappa shape index (κ3) is 3.32. The third-order valence-electron chi connectivity index (χ3n) is 4.85. The minimum Gasteiger partial charge on any atom is -0.381 e. The number of amides is 1. The van der Waals surface area contributed by atoms with Gasteiger partial charge in [-0.2, -0.15) is 5.10 Å². The molecule has 5 nitrogen and oxygen atoms in total. The van der Waals surface area contributed by atoms with Crippen molar-refractivity contribution in [1.82, 2.24) is 9.78 Å². The number of benzene rings is 1. The number of carbonyl (C=O) groups is 1. The lowest BCUT2D eigenvalue weighted by Crippen LogP contribution is -2.20. The quantitative estimate of drug-likeness (QED) is 0.904. The van der Waals surface area contributed by atoms with E-state index in [0.29, 0.717) is 11.8 Å². The average Bonchev–Trinajstić information content (AvgIpc) is 2.99. The average molecular weight is 346 g/mol. The van der Waals surface area contributed by atoms with E-state index < -0.39 is 0 Å². The van der Waals surface area contributed by atoms with Crippen LogP contribution >= 0.6 is 11.6 Å². The summed E-state index contributed by atoms with van der Waals surface area (Å²) in [5.41, 5.74) is 1.18. The van der Waals surface area contributed by atoms with Crippen molar-refractivity contribution in [2.45, 2.75) is 25.3 Å². The van der Waals surface area contributed by atoms with Crippen LogP contribution in [-0.2, 0) is 16.1 Å². The van der Waals surface area contributed by atoms with E-state index in [1.807, 2.05) is 35.0 Å².